The molecule has 3 rings (SSSR count). The molecule has 0 unspecified atom stereocenters. The van der Waals surface area contributed by atoms with Gasteiger partial charge in [-0.05, 0) is 49.9 Å². The van der Waals surface area contributed by atoms with E-state index in [9.17, 15) is 0 Å². The molecule has 5 heteroatoms. The molecule has 1 fully saturated rings. The predicted molar refractivity (Wildman–Crippen MR) is 117 cm³/mol. The highest BCUT2D eigenvalue weighted by Crippen LogP contribution is 2.28. The van der Waals surface area contributed by atoms with E-state index in [0.717, 1.165) is 50.6 Å². The molecule has 1 heterocycles. The van der Waals surface area contributed by atoms with Gasteiger partial charge in [0.2, 0.25) is 0 Å². The van der Waals surface area contributed by atoms with Gasteiger partial charge in [0.15, 0.2) is 11.5 Å². The smallest absolute Gasteiger partial charge is 0.161 e. The zero-order chi connectivity index (χ0) is 20.5. The van der Waals surface area contributed by atoms with Crippen molar-refractivity contribution in [3.8, 4) is 11.5 Å². The molecule has 158 valence electrons. The maximum Gasteiger partial charge on any atom is 0.161 e. The molecule has 2 N–H and O–H groups in total. The van der Waals surface area contributed by atoms with Crippen LogP contribution in [-0.4, -0.2) is 39.0 Å². The SMILES string of the molecule is CCOc1ccc(CNCC2(N[C@H](C)c3ccccc3)CCOCC2)cc1OC. The Morgan fingerprint density at radius 2 is 1.83 bits per heavy atom. The van der Waals surface area contributed by atoms with Crippen molar-refractivity contribution in [1.29, 1.82) is 0 Å². The molecule has 29 heavy (non-hydrogen) atoms. The van der Waals surface area contributed by atoms with E-state index in [1.54, 1.807) is 7.11 Å². The van der Waals surface area contributed by atoms with Crippen LogP contribution in [0.3, 0.4) is 0 Å². The standard InChI is InChI=1S/C24H34N2O3/c1-4-29-22-11-10-20(16-23(22)27-3)17-25-18-24(12-14-28-15-13-24)26-19(2)21-8-6-5-7-9-21/h5-11,16,19,25-26H,4,12-15,17-18H2,1-3H3/t19-/m1/s1. The lowest BCUT2D eigenvalue weighted by molar-refractivity contribution is 0.0337. The van der Waals surface area contributed by atoms with Gasteiger partial charge in [-0.3, -0.25) is 0 Å². The molecule has 0 amide bonds. The van der Waals surface area contributed by atoms with Crippen LogP contribution in [0.25, 0.3) is 0 Å². The van der Waals surface area contributed by atoms with Crippen LogP contribution in [0.4, 0.5) is 0 Å². The van der Waals surface area contributed by atoms with E-state index in [1.165, 1.54) is 11.1 Å². The minimum atomic E-state index is 0.0306. The fourth-order valence-corrected chi connectivity index (χ4v) is 3.96. The lowest BCUT2D eigenvalue weighted by atomic mass is 9.88. The van der Waals surface area contributed by atoms with Crippen LogP contribution >= 0.6 is 0 Å². The molecule has 1 atom stereocenters. The van der Waals surface area contributed by atoms with Crippen molar-refractivity contribution in [2.24, 2.45) is 0 Å². The van der Waals surface area contributed by atoms with E-state index >= 15 is 0 Å². The van der Waals surface area contributed by atoms with Crippen LogP contribution in [0.1, 0.15) is 43.9 Å². The van der Waals surface area contributed by atoms with Crippen LogP contribution in [0.5, 0.6) is 11.5 Å². The highest BCUT2D eigenvalue weighted by Gasteiger charge is 2.33. The van der Waals surface area contributed by atoms with Crippen molar-refractivity contribution in [3.05, 3.63) is 59.7 Å². The maximum atomic E-state index is 5.64. The van der Waals surface area contributed by atoms with E-state index < -0.39 is 0 Å². The summed E-state index contributed by atoms with van der Waals surface area (Å²) >= 11 is 0. The monoisotopic (exact) mass is 398 g/mol. The molecule has 0 spiro atoms. The Labute approximate surface area is 174 Å². The van der Waals surface area contributed by atoms with Crippen molar-refractivity contribution in [1.82, 2.24) is 10.6 Å². The summed E-state index contributed by atoms with van der Waals surface area (Å²) in [5.74, 6) is 1.57. The van der Waals surface area contributed by atoms with Gasteiger partial charge in [0.05, 0.1) is 13.7 Å². The zero-order valence-corrected chi connectivity index (χ0v) is 17.9. The van der Waals surface area contributed by atoms with Gasteiger partial charge in [-0.15, -0.1) is 0 Å². The van der Waals surface area contributed by atoms with Crippen LogP contribution in [0.15, 0.2) is 48.5 Å². The number of benzene rings is 2. The lowest BCUT2D eigenvalue weighted by Gasteiger charge is -2.41. The number of methoxy groups -OCH3 is 1. The molecular formula is C24H34N2O3. The molecule has 1 aliphatic rings. The molecule has 0 radical (unpaired) electrons. The minimum Gasteiger partial charge on any atom is -0.493 e. The van der Waals surface area contributed by atoms with Crippen LogP contribution in [0, 0.1) is 0 Å². The van der Waals surface area contributed by atoms with Crippen molar-refractivity contribution in [3.63, 3.8) is 0 Å². The third-order valence-corrected chi connectivity index (χ3v) is 5.59. The van der Waals surface area contributed by atoms with Crippen molar-refractivity contribution in [2.45, 2.75) is 44.8 Å². The van der Waals surface area contributed by atoms with Gasteiger partial charge in [0.25, 0.3) is 0 Å². The summed E-state index contributed by atoms with van der Waals surface area (Å²) < 4.78 is 16.7. The molecule has 2 aromatic rings. The number of ether oxygens (including phenoxy) is 3. The first kappa shape index (κ1) is 21.6. The summed E-state index contributed by atoms with van der Waals surface area (Å²) in [5.41, 5.74) is 2.53. The minimum absolute atomic E-state index is 0.0306. The predicted octanol–water partition coefficient (Wildman–Crippen LogP) is 4.08. The summed E-state index contributed by atoms with van der Waals surface area (Å²) in [5, 5.41) is 7.55. The Bertz CT molecular complexity index is 745. The molecule has 0 bridgehead atoms. The topological polar surface area (TPSA) is 51.8 Å². The maximum absolute atomic E-state index is 5.64. The van der Waals surface area contributed by atoms with Crippen LogP contribution in [0.2, 0.25) is 0 Å². The van der Waals surface area contributed by atoms with Gasteiger partial charge in [-0.2, -0.15) is 0 Å². The highest BCUT2D eigenvalue weighted by atomic mass is 16.5. The van der Waals surface area contributed by atoms with E-state index in [4.69, 9.17) is 14.2 Å². The average molecular weight is 399 g/mol. The van der Waals surface area contributed by atoms with E-state index in [0.29, 0.717) is 12.6 Å². The summed E-state index contributed by atoms with van der Waals surface area (Å²) in [7, 11) is 1.68. The Hall–Kier alpha value is -2.08. The van der Waals surface area contributed by atoms with Gasteiger partial charge in [0, 0.05) is 37.9 Å². The molecule has 0 aliphatic carbocycles. The van der Waals surface area contributed by atoms with Crippen LogP contribution in [-0.2, 0) is 11.3 Å². The second kappa shape index (κ2) is 10.6. The first-order valence-electron chi connectivity index (χ1n) is 10.6. The number of nitrogens with one attached hydrogen (secondary N) is 2. The summed E-state index contributed by atoms with van der Waals surface area (Å²) in [6.45, 7) is 8.12. The molecule has 5 nitrogen and oxygen atoms in total. The molecule has 1 saturated heterocycles. The molecule has 2 aromatic carbocycles. The highest BCUT2D eigenvalue weighted by molar-refractivity contribution is 5.42. The Morgan fingerprint density at radius 1 is 1.07 bits per heavy atom. The number of hydrogen-bond acceptors (Lipinski definition) is 5. The molecule has 0 saturated carbocycles. The summed E-state index contributed by atoms with van der Waals surface area (Å²) in [6.07, 6.45) is 2.01. The third-order valence-electron chi connectivity index (χ3n) is 5.59. The second-order valence-electron chi connectivity index (χ2n) is 7.69. The van der Waals surface area contributed by atoms with Gasteiger partial charge in [-0.1, -0.05) is 36.4 Å². The Morgan fingerprint density at radius 3 is 2.52 bits per heavy atom. The average Bonchev–Trinajstić information content (AvgIpc) is 2.76. The second-order valence-corrected chi connectivity index (χ2v) is 7.69. The molecule has 1 aliphatic heterocycles. The Balaban J connectivity index is 1.62. The first-order chi connectivity index (χ1) is 14.2. The first-order valence-corrected chi connectivity index (χ1v) is 10.6. The normalized spacial score (nSPS) is 16.9. The van der Waals surface area contributed by atoms with Gasteiger partial charge >= 0.3 is 0 Å². The van der Waals surface area contributed by atoms with E-state index in [2.05, 4.69) is 60.0 Å². The molecule has 0 aromatic heterocycles. The molecular weight excluding hydrogens is 364 g/mol. The van der Waals surface area contributed by atoms with Crippen molar-refractivity contribution < 1.29 is 14.2 Å². The largest absolute Gasteiger partial charge is 0.493 e. The zero-order valence-electron chi connectivity index (χ0n) is 17.9. The van der Waals surface area contributed by atoms with Crippen molar-refractivity contribution in [2.75, 3.05) is 33.5 Å². The van der Waals surface area contributed by atoms with E-state index in [-0.39, 0.29) is 5.54 Å². The lowest BCUT2D eigenvalue weighted by Crippen LogP contribution is -2.56. The number of hydrogen-bond donors (Lipinski definition) is 2. The van der Waals surface area contributed by atoms with Crippen molar-refractivity contribution >= 4 is 0 Å². The van der Waals surface area contributed by atoms with Gasteiger partial charge in [-0.25, -0.2) is 0 Å². The number of rotatable bonds is 10. The van der Waals surface area contributed by atoms with Crippen LogP contribution < -0.4 is 20.1 Å². The third kappa shape index (κ3) is 5.95. The Kier molecular flexibility index (Phi) is 7.92. The van der Waals surface area contributed by atoms with E-state index in [1.807, 2.05) is 13.0 Å². The quantitative estimate of drug-likeness (QED) is 0.631. The fourth-order valence-electron chi connectivity index (χ4n) is 3.96. The van der Waals surface area contributed by atoms with Gasteiger partial charge < -0.3 is 24.8 Å². The van der Waals surface area contributed by atoms with Gasteiger partial charge in [0.1, 0.15) is 0 Å². The summed E-state index contributed by atoms with van der Waals surface area (Å²) in [6, 6.07) is 17.1. The fraction of sp³-hybridized carbons (Fsp3) is 0.500. The summed E-state index contributed by atoms with van der Waals surface area (Å²) in [4.78, 5) is 0.